The lowest BCUT2D eigenvalue weighted by atomic mass is 10.3. The zero-order valence-corrected chi connectivity index (χ0v) is 12.7. The summed E-state index contributed by atoms with van der Waals surface area (Å²) in [5.41, 5.74) is 0. The van der Waals surface area contributed by atoms with Crippen LogP contribution in [0.25, 0.3) is 0 Å². The van der Waals surface area contributed by atoms with Crippen LogP contribution in [0.2, 0.25) is 0 Å². The summed E-state index contributed by atoms with van der Waals surface area (Å²) in [6.07, 6.45) is 2.81. The van der Waals surface area contributed by atoms with E-state index in [4.69, 9.17) is 0 Å². The van der Waals surface area contributed by atoms with Crippen molar-refractivity contribution in [2.45, 2.75) is 26.8 Å². The fourth-order valence-electron chi connectivity index (χ4n) is 2.02. The predicted octanol–water partition coefficient (Wildman–Crippen LogP) is 1.16. The van der Waals surface area contributed by atoms with Gasteiger partial charge in [-0.1, -0.05) is 6.92 Å². The number of amides is 2. The van der Waals surface area contributed by atoms with Gasteiger partial charge in [0.15, 0.2) is 5.13 Å². The van der Waals surface area contributed by atoms with Gasteiger partial charge in [0, 0.05) is 24.2 Å². The normalized spacial score (nSPS) is 15.9. The number of nitrogens with one attached hydrogen (secondary N) is 1. The van der Waals surface area contributed by atoms with Crippen LogP contribution in [0.1, 0.15) is 25.1 Å². The van der Waals surface area contributed by atoms with Crippen LogP contribution in [0.3, 0.4) is 0 Å². The monoisotopic (exact) mass is 296 g/mol. The van der Waals surface area contributed by atoms with Gasteiger partial charge < -0.3 is 15.1 Å². The number of hydrogen-bond donors (Lipinski definition) is 1. The quantitative estimate of drug-likeness (QED) is 0.855. The molecule has 0 aromatic carbocycles. The molecular formula is C13H20N4O2S. The number of carbonyl (C=O) groups is 2. The molecule has 1 N–H and O–H groups in total. The molecule has 2 rings (SSSR count). The van der Waals surface area contributed by atoms with Crippen LogP contribution in [0.15, 0.2) is 6.20 Å². The first kappa shape index (κ1) is 14.8. The molecule has 0 radical (unpaired) electrons. The van der Waals surface area contributed by atoms with Gasteiger partial charge in [0.25, 0.3) is 0 Å². The van der Waals surface area contributed by atoms with Crippen molar-refractivity contribution >= 4 is 28.3 Å². The summed E-state index contributed by atoms with van der Waals surface area (Å²) in [6, 6.07) is 0. The second-order valence-corrected chi connectivity index (χ2v) is 5.83. The van der Waals surface area contributed by atoms with Gasteiger partial charge >= 0.3 is 0 Å². The fraction of sp³-hybridized carbons (Fsp3) is 0.615. The molecule has 1 aliphatic rings. The van der Waals surface area contributed by atoms with Gasteiger partial charge in [-0.05, 0) is 13.3 Å². The smallest absolute Gasteiger partial charge is 0.242 e. The number of thiazole rings is 1. The maximum Gasteiger partial charge on any atom is 0.242 e. The Hall–Kier alpha value is -1.63. The van der Waals surface area contributed by atoms with E-state index in [2.05, 4.69) is 17.2 Å². The number of piperazine rings is 1. The van der Waals surface area contributed by atoms with Gasteiger partial charge in [-0.25, -0.2) is 4.98 Å². The van der Waals surface area contributed by atoms with Gasteiger partial charge in [-0.2, -0.15) is 0 Å². The van der Waals surface area contributed by atoms with Crippen molar-refractivity contribution in [2.24, 2.45) is 0 Å². The van der Waals surface area contributed by atoms with Gasteiger partial charge in [0.1, 0.15) is 6.54 Å². The van der Waals surface area contributed by atoms with Crippen molar-refractivity contribution in [1.29, 1.82) is 0 Å². The minimum absolute atomic E-state index is 0.00270. The van der Waals surface area contributed by atoms with E-state index in [0.717, 1.165) is 23.0 Å². The molecule has 6 nitrogen and oxygen atoms in total. The first-order valence-corrected chi connectivity index (χ1v) is 7.69. The highest BCUT2D eigenvalue weighted by Crippen LogP contribution is 2.20. The SMILES string of the molecule is CCCNc1ncc(CN2CC(=O)N(CC)CC2=O)s1. The Bertz CT molecular complexity index is 488. The number of rotatable bonds is 6. The molecule has 0 saturated carbocycles. The molecule has 0 atom stereocenters. The third-order valence-corrected chi connectivity index (χ3v) is 4.11. The van der Waals surface area contributed by atoms with Gasteiger partial charge in [0.05, 0.1) is 13.1 Å². The lowest BCUT2D eigenvalue weighted by Gasteiger charge is -2.32. The number of aromatic nitrogens is 1. The first-order valence-electron chi connectivity index (χ1n) is 6.88. The summed E-state index contributed by atoms with van der Waals surface area (Å²) in [5, 5.41) is 4.09. The first-order chi connectivity index (χ1) is 9.63. The summed E-state index contributed by atoms with van der Waals surface area (Å²) in [4.78, 5) is 32.3. The van der Waals surface area contributed by atoms with E-state index in [1.165, 1.54) is 11.3 Å². The van der Waals surface area contributed by atoms with Crippen molar-refractivity contribution in [2.75, 3.05) is 31.5 Å². The maximum atomic E-state index is 12.0. The summed E-state index contributed by atoms with van der Waals surface area (Å²) >= 11 is 1.54. The van der Waals surface area contributed by atoms with E-state index in [1.807, 2.05) is 6.92 Å². The van der Waals surface area contributed by atoms with Gasteiger partial charge in [-0.3, -0.25) is 9.59 Å². The summed E-state index contributed by atoms with van der Waals surface area (Å²) in [6.45, 7) is 6.28. The molecule has 2 heterocycles. The molecule has 0 bridgehead atoms. The molecule has 1 aliphatic heterocycles. The fourth-order valence-corrected chi connectivity index (χ4v) is 2.87. The third kappa shape index (κ3) is 3.47. The van der Waals surface area contributed by atoms with Crippen LogP contribution in [0.5, 0.6) is 0 Å². The second-order valence-electron chi connectivity index (χ2n) is 4.72. The molecule has 20 heavy (non-hydrogen) atoms. The zero-order chi connectivity index (χ0) is 14.5. The lowest BCUT2D eigenvalue weighted by molar-refractivity contribution is -0.150. The zero-order valence-electron chi connectivity index (χ0n) is 11.9. The summed E-state index contributed by atoms with van der Waals surface area (Å²) in [7, 11) is 0. The van der Waals surface area contributed by atoms with Crippen molar-refractivity contribution in [3.63, 3.8) is 0 Å². The van der Waals surface area contributed by atoms with Crippen LogP contribution >= 0.6 is 11.3 Å². The molecule has 0 aliphatic carbocycles. The van der Waals surface area contributed by atoms with Gasteiger partial charge in [-0.15, -0.1) is 11.3 Å². The van der Waals surface area contributed by atoms with E-state index >= 15 is 0 Å². The largest absolute Gasteiger partial charge is 0.362 e. The van der Waals surface area contributed by atoms with E-state index in [-0.39, 0.29) is 24.9 Å². The van der Waals surface area contributed by atoms with E-state index < -0.39 is 0 Å². The second kappa shape index (κ2) is 6.69. The number of anilines is 1. The third-order valence-electron chi connectivity index (χ3n) is 3.17. The Morgan fingerprint density at radius 2 is 1.95 bits per heavy atom. The molecule has 1 aromatic rings. The number of carbonyl (C=O) groups excluding carboxylic acids is 2. The molecule has 1 aromatic heterocycles. The van der Waals surface area contributed by atoms with E-state index in [9.17, 15) is 9.59 Å². The van der Waals surface area contributed by atoms with E-state index in [0.29, 0.717) is 13.1 Å². The molecule has 0 unspecified atom stereocenters. The Kier molecular flexibility index (Phi) is 4.94. The molecule has 7 heteroatoms. The highest BCUT2D eigenvalue weighted by atomic mass is 32.1. The Morgan fingerprint density at radius 3 is 2.65 bits per heavy atom. The van der Waals surface area contributed by atoms with Crippen LogP contribution in [0.4, 0.5) is 5.13 Å². The lowest BCUT2D eigenvalue weighted by Crippen LogP contribution is -2.53. The molecule has 0 spiro atoms. The van der Waals surface area contributed by atoms with Crippen LogP contribution in [-0.2, 0) is 16.1 Å². The van der Waals surface area contributed by atoms with Crippen LogP contribution in [0, 0.1) is 0 Å². The summed E-state index contributed by atoms with van der Waals surface area (Å²) < 4.78 is 0. The molecule has 110 valence electrons. The number of likely N-dealkylation sites (N-methyl/N-ethyl adjacent to an activating group) is 1. The average Bonchev–Trinajstić information content (AvgIpc) is 2.87. The summed E-state index contributed by atoms with van der Waals surface area (Å²) in [5.74, 6) is 0.0175. The van der Waals surface area contributed by atoms with Crippen molar-refractivity contribution in [3.8, 4) is 0 Å². The van der Waals surface area contributed by atoms with Crippen molar-refractivity contribution in [1.82, 2.24) is 14.8 Å². The van der Waals surface area contributed by atoms with Crippen molar-refractivity contribution < 1.29 is 9.59 Å². The topological polar surface area (TPSA) is 65.5 Å². The van der Waals surface area contributed by atoms with Crippen LogP contribution < -0.4 is 5.32 Å². The number of hydrogen-bond acceptors (Lipinski definition) is 5. The number of nitrogens with zero attached hydrogens (tertiary/aromatic N) is 3. The average molecular weight is 296 g/mol. The van der Waals surface area contributed by atoms with Gasteiger partial charge in [0.2, 0.25) is 11.8 Å². The van der Waals surface area contributed by atoms with Crippen molar-refractivity contribution in [3.05, 3.63) is 11.1 Å². The van der Waals surface area contributed by atoms with E-state index in [1.54, 1.807) is 16.0 Å². The minimum Gasteiger partial charge on any atom is -0.362 e. The Balaban J connectivity index is 1.94. The Morgan fingerprint density at radius 1 is 1.25 bits per heavy atom. The highest BCUT2D eigenvalue weighted by Gasteiger charge is 2.29. The molecular weight excluding hydrogens is 276 g/mol. The molecule has 2 amide bonds. The van der Waals surface area contributed by atoms with Crippen LogP contribution in [-0.4, -0.2) is 52.8 Å². The Labute approximate surface area is 122 Å². The molecule has 1 saturated heterocycles. The standard InChI is InChI=1S/C13H20N4O2S/c1-3-5-14-13-15-6-10(20-13)7-17-9-11(18)16(4-2)8-12(17)19/h6H,3-5,7-9H2,1-2H3,(H,14,15). The highest BCUT2D eigenvalue weighted by molar-refractivity contribution is 7.15. The minimum atomic E-state index is 0.00270. The maximum absolute atomic E-state index is 12.0. The molecule has 1 fully saturated rings. The predicted molar refractivity (Wildman–Crippen MR) is 78.6 cm³/mol.